The van der Waals surface area contributed by atoms with E-state index >= 15 is 0 Å². The Balaban J connectivity index is 2.39. The summed E-state index contributed by atoms with van der Waals surface area (Å²) in [6.45, 7) is 10.4. The third-order valence-electron chi connectivity index (χ3n) is 4.05. The van der Waals surface area contributed by atoms with Gasteiger partial charge in [-0.3, -0.25) is 4.79 Å². The summed E-state index contributed by atoms with van der Waals surface area (Å²) in [6.07, 6.45) is 4.05. The third-order valence-corrected chi connectivity index (χ3v) is 4.05. The monoisotopic (exact) mass is 240 g/mol. The molecular formula is C14H28N2O. The first-order chi connectivity index (χ1) is 7.84. The highest BCUT2D eigenvalue weighted by Gasteiger charge is 2.27. The largest absolute Gasteiger partial charge is 0.343 e. The van der Waals surface area contributed by atoms with Gasteiger partial charge in [-0.1, -0.05) is 34.1 Å². The Kier molecular flexibility index (Phi) is 4.99. The molecule has 1 aliphatic heterocycles. The number of likely N-dealkylation sites (tertiary alicyclic amines) is 1. The molecule has 0 bridgehead atoms. The second-order valence-corrected chi connectivity index (χ2v) is 6.41. The Labute approximate surface area is 106 Å². The van der Waals surface area contributed by atoms with Crippen molar-refractivity contribution in [3.63, 3.8) is 0 Å². The zero-order chi connectivity index (χ0) is 13.1. The van der Waals surface area contributed by atoms with Crippen LogP contribution in [-0.4, -0.2) is 29.9 Å². The molecule has 1 aliphatic rings. The quantitative estimate of drug-likeness (QED) is 0.823. The summed E-state index contributed by atoms with van der Waals surface area (Å²) < 4.78 is 0. The highest BCUT2D eigenvalue weighted by Crippen LogP contribution is 2.23. The third kappa shape index (κ3) is 4.30. The van der Waals surface area contributed by atoms with Gasteiger partial charge in [-0.25, -0.2) is 0 Å². The minimum atomic E-state index is -0.0427. The number of nitrogens with zero attached hydrogens (tertiary/aromatic N) is 1. The van der Waals surface area contributed by atoms with Crippen LogP contribution >= 0.6 is 0 Å². The Morgan fingerprint density at radius 2 is 1.88 bits per heavy atom. The molecule has 0 aliphatic carbocycles. The molecule has 1 rings (SSSR count). The maximum absolute atomic E-state index is 12.1. The second kappa shape index (κ2) is 5.85. The molecule has 3 nitrogen and oxygen atoms in total. The van der Waals surface area contributed by atoms with Gasteiger partial charge in [0, 0.05) is 25.6 Å². The van der Waals surface area contributed by atoms with Crippen molar-refractivity contribution in [2.75, 3.05) is 13.1 Å². The molecule has 0 aromatic heterocycles. The van der Waals surface area contributed by atoms with E-state index in [9.17, 15) is 4.79 Å². The molecule has 3 heteroatoms. The van der Waals surface area contributed by atoms with Crippen LogP contribution in [0, 0.1) is 11.3 Å². The molecule has 1 fully saturated rings. The summed E-state index contributed by atoms with van der Waals surface area (Å²) in [5.74, 6) is 1.05. The predicted molar refractivity (Wildman–Crippen MR) is 71.6 cm³/mol. The number of rotatable bonds is 3. The number of hydrogen-bond acceptors (Lipinski definition) is 2. The number of nitrogens with two attached hydrogens (primary N) is 1. The van der Waals surface area contributed by atoms with E-state index in [1.807, 2.05) is 4.90 Å². The van der Waals surface area contributed by atoms with Crippen LogP contribution in [0.5, 0.6) is 0 Å². The summed E-state index contributed by atoms with van der Waals surface area (Å²) in [5, 5.41) is 0. The smallest absolute Gasteiger partial charge is 0.224 e. The van der Waals surface area contributed by atoms with Crippen molar-refractivity contribution in [2.45, 2.75) is 59.4 Å². The van der Waals surface area contributed by atoms with Gasteiger partial charge in [-0.15, -0.1) is 0 Å². The van der Waals surface area contributed by atoms with Crippen molar-refractivity contribution in [2.24, 2.45) is 17.1 Å². The molecule has 0 aromatic carbocycles. The van der Waals surface area contributed by atoms with Crippen LogP contribution in [0.25, 0.3) is 0 Å². The fourth-order valence-corrected chi connectivity index (χ4v) is 2.21. The summed E-state index contributed by atoms with van der Waals surface area (Å²) in [4.78, 5) is 14.1. The van der Waals surface area contributed by atoms with E-state index in [-0.39, 0.29) is 17.4 Å². The van der Waals surface area contributed by atoms with Gasteiger partial charge in [0.2, 0.25) is 5.91 Å². The van der Waals surface area contributed by atoms with E-state index in [1.165, 1.54) is 6.42 Å². The molecule has 1 amide bonds. The van der Waals surface area contributed by atoms with Gasteiger partial charge < -0.3 is 10.6 Å². The van der Waals surface area contributed by atoms with Gasteiger partial charge in [-0.05, 0) is 24.2 Å². The normalized spacial score (nSPS) is 20.4. The van der Waals surface area contributed by atoms with Crippen molar-refractivity contribution in [1.82, 2.24) is 4.90 Å². The van der Waals surface area contributed by atoms with E-state index < -0.39 is 0 Å². The van der Waals surface area contributed by atoms with Crippen molar-refractivity contribution < 1.29 is 4.79 Å². The Morgan fingerprint density at radius 1 is 1.35 bits per heavy atom. The van der Waals surface area contributed by atoms with Crippen LogP contribution in [-0.2, 0) is 4.79 Å². The lowest BCUT2D eigenvalue weighted by atomic mass is 9.85. The molecule has 1 saturated heterocycles. The number of hydrogen-bond donors (Lipinski definition) is 1. The summed E-state index contributed by atoms with van der Waals surface area (Å²) in [7, 11) is 0. The van der Waals surface area contributed by atoms with Crippen molar-refractivity contribution >= 4 is 5.91 Å². The summed E-state index contributed by atoms with van der Waals surface area (Å²) >= 11 is 0. The minimum Gasteiger partial charge on any atom is -0.343 e. The number of carbonyl (C=O) groups is 1. The number of carbonyl (C=O) groups excluding carboxylic acids is 1. The lowest BCUT2D eigenvalue weighted by Crippen LogP contribution is -2.44. The summed E-state index contributed by atoms with van der Waals surface area (Å²) in [6, 6.07) is -0.0427. The van der Waals surface area contributed by atoms with Crippen LogP contribution in [0.1, 0.15) is 53.4 Å². The maximum Gasteiger partial charge on any atom is 0.224 e. The molecule has 0 spiro atoms. The van der Waals surface area contributed by atoms with Crippen LogP contribution < -0.4 is 5.73 Å². The molecule has 0 saturated carbocycles. The molecule has 17 heavy (non-hydrogen) atoms. The standard InChI is InChI=1S/C14H28N2O/c1-5-11-6-8-16(9-7-11)13(17)10-12(15)14(2,3)4/h11-12H,5-10,15H2,1-4H3. The van der Waals surface area contributed by atoms with Crippen LogP contribution in [0.4, 0.5) is 0 Å². The van der Waals surface area contributed by atoms with Crippen molar-refractivity contribution in [1.29, 1.82) is 0 Å². The molecule has 1 heterocycles. The highest BCUT2D eigenvalue weighted by molar-refractivity contribution is 5.77. The minimum absolute atomic E-state index is 0.0113. The van der Waals surface area contributed by atoms with Gasteiger partial charge in [0.15, 0.2) is 0 Å². The Hall–Kier alpha value is -0.570. The first-order valence-electron chi connectivity index (χ1n) is 6.88. The molecule has 0 radical (unpaired) electrons. The van der Waals surface area contributed by atoms with E-state index in [0.717, 1.165) is 31.8 Å². The van der Waals surface area contributed by atoms with Crippen LogP contribution in [0.15, 0.2) is 0 Å². The molecular weight excluding hydrogens is 212 g/mol. The van der Waals surface area contributed by atoms with Crippen molar-refractivity contribution in [3.8, 4) is 0 Å². The summed E-state index contributed by atoms with van der Waals surface area (Å²) in [5.41, 5.74) is 6.08. The zero-order valence-electron chi connectivity index (χ0n) is 11.8. The van der Waals surface area contributed by atoms with E-state index in [2.05, 4.69) is 27.7 Å². The number of amides is 1. The van der Waals surface area contributed by atoms with Crippen LogP contribution in [0.3, 0.4) is 0 Å². The fourth-order valence-electron chi connectivity index (χ4n) is 2.21. The van der Waals surface area contributed by atoms with Crippen LogP contribution in [0.2, 0.25) is 0 Å². The fraction of sp³-hybridized carbons (Fsp3) is 0.929. The first-order valence-corrected chi connectivity index (χ1v) is 6.88. The molecule has 2 N–H and O–H groups in total. The second-order valence-electron chi connectivity index (χ2n) is 6.41. The van der Waals surface area contributed by atoms with Gasteiger partial charge in [0.05, 0.1) is 0 Å². The molecule has 1 atom stereocenters. The number of piperidine rings is 1. The first kappa shape index (κ1) is 14.5. The van der Waals surface area contributed by atoms with Gasteiger partial charge in [-0.2, -0.15) is 0 Å². The van der Waals surface area contributed by atoms with Gasteiger partial charge >= 0.3 is 0 Å². The Bertz CT molecular complexity index is 249. The lowest BCUT2D eigenvalue weighted by Gasteiger charge is -2.34. The average Bonchev–Trinajstić information content (AvgIpc) is 2.27. The van der Waals surface area contributed by atoms with Crippen molar-refractivity contribution in [3.05, 3.63) is 0 Å². The molecule has 100 valence electrons. The van der Waals surface area contributed by atoms with Gasteiger partial charge in [0.25, 0.3) is 0 Å². The maximum atomic E-state index is 12.1. The van der Waals surface area contributed by atoms with E-state index in [0.29, 0.717) is 6.42 Å². The predicted octanol–water partition coefficient (Wildman–Crippen LogP) is 2.40. The SMILES string of the molecule is CCC1CCN(C(=O)CC(N)C(C)(C)C)CC1. The topological polar surface area (TPSA) is 46.3 Å². The van der Waals surface area contributed by atoms with E-state index in [4.69, 9.17) is 5.73 Å². The molecule has 0 aromatic rings. The van der Waals surface area contributed by atoms with E-state index in [1.54, 1.807) is 0 Å². The molecule has 1 unspecified atom stereocenters. The average molecular weight is 240 g/mol. The zero-order valence-corrected chi connectivity index (χ0v) is 11.8. The lowest BCUT2D eigenvalue weighted by molar-refractivity contribution is -0.133. The Morgan fingerprint density at radius 3 is 2.29 bits per heavy atom. The highest BCUT2D eigenvalue weighted by atomic mass is 16.2. The van der Waals surface area contributed by atoms with Gasteiger partial charge in [0.1, 0.15) is 0 Å².